The Balaban J connectivity index is 2.30. The number of nitrogens with one attached hydrogen (secondary N) is 1. The molecule has 0 bridgehead atoms. The second-order valence-corrected chi connectivity index (χ2v) is 4.80. The van der Waals surface area contributed by atoms with Crippen LogP contribution in [0, 0.1) is 11.3 Å². The first kappa shape index (κ1) is 10.7. The third-order valence-corrected chi connectivity index (χ3v) is 3.37. The molecule has 1 aliphatic rings. The molecule has 15 heavy (non-hydrogen) atoms. The first-order valence-electron chi connectivity index (χ1n) is 5.21. The number of nitrogens with zero attached hydrogens (tertiary/aromatic N) is 1. The van der Waals surface area contributed by atoms with Gasteiger partial charge in [0.25, 0.3) is 0 Å². The third kappa shape index (κ3) is 2.39. The Morgan fingerprint density at radius 1 is 1.47 bits per heavy atom. The number of piperidine rings is 1. The minimum Gasteiger partial charge on any atom is -0.316 e. The maximum Gasteiger partial charge on any atom is 0.0995 e. The molecule has 1 fully saturated rings. The number of benzene rings is 1. The summed E-state index contributed by atoms with van der Waals surface area (Å²) >= 11 is 3.39. The van der Waals surface area contributed by atoms with Crippen LogP contribution in [0.3, 0.4) is 0 Å². The third-order valence-electron chi connectivity index (χ3n) is 2.87. The van der Waals surface area contributed by atoms with Crippen LogP contribution in [0.2, 0.25) is 0 Å². The van der Waals surface area contributed by atoms with E-state index in [2.05, 4.69) is 33.4 Å². The van der Waals surface area contributed by atoms with Gasteiger partial charge in [-0.3, -0.25) is 0 Å². The van der Waals surface area contributed by atoms with Crippen molar-refractivity contribution in [1.29, 1.82) is 5.26 Å². The van der Waals surface area contributed by atoms with Crippen molar-refractivity contribution >= 4 is 15.9 Å². The van der Waals surface area contributed by atoms with Crippen molar-refractivity contribution < 1.29 is 0 Å². The van der Waals surface area contributed by atoms with Gasteiger partial charge in [0.05, 0.1) is 11.6 Å². The number of rotatable bonds is 1. The summed E-state index contributed by atoms with van der Waals surface area (Å²) in [5.41, 5.74) is 1.99. The van der Waals surface area contributed by atoms with Crippen LogP contribution in [-0.2, 0) is 0 Å². The molecule has 78 valence electrons. The lowest BCUT2D eigenvalue weighted by Gasteiger charge is -2.23. The lowest BCUT2D eigenvalue weighted by molar-refractivity contribution is 0.461. The predicted molar refractivity (Wildman–Crippen MR) is 63.7 cm³/mol. The van der Waals surface area contributed by atoms with E-state index >= 15 is 0 Å². The highest BCUT2D eigenvalue weighted by Crippen LogP contribution is 2.27. The van der Waals surface area contributed by atoms with E-state index in [4.69, 9.17) is 5.26 Å². The number of hydrogen-bond donors (Lipinski definition) is 1. The van der Waals surface area contributed by atoms with Crippen LogP contribution in [0.15, 0.2) is 22.7 Å². The van der Waals surface area contributed by atoms with Gasteiger partial charge in [-0.05, 0) is 43.0 Å². The molecule has 2 rings (SSSR count). The Kier molecular flexibility index (Phi) is 3.40. The molecule has 0 amide bonds. The number of hydrogen-bond acceptors (Lipinski definition) is 2. The summed E-state index contributed by atoms with van der Waals surface area (Å²) in [7, 11) is 0. The Labute approximate surface area is 98.4 Å². The molecule has 1 N–H and O–H groups in total. The molecule has 0 aromatic heterocycles. The first-order valence-corrected chi connectivity index (χ1v) is 6.01. The van der Waals surface area contributed by atoms with Crippen LogP contribution in [-0.4, -0.2) is 13.1 Å². The van der Waals surface area contributed by atoms with E-state index in [0.717, 1.165) is 23.1 Å². The summed E-state index contributed by atoms with van der Waals surface area (Å²) in [4.78, 5) is 0. The molecule has 0 aliphatic carbocycles. The molecule has 0 radical (unpaired) electrons. The fourth-order valence-electron chi connectivity index (χ4n) is 2.10. The molecule has 1 aromatic carbocycles. The summed E-state index contributed by atoms with van der Waals surface area (Å²) < 4.78 is 0.978. The monoisotopic (exact) mass is 264 g/mol. The zero-order valence-corrected chi connectivity index (χ0v) is 10.0. The maximum atomic E-state index is 9.08. The second kappa shape index (κ2) is 4.78. The SMILES string of the molecule is N#Cc1cc(Br)ccc1C1CCCNC1. The first-order chi connectivity index (χ1) is 7.31. The zero-order valence-electron chi connectivity index (χ0n) is 8.46. The standard InChI is InChI=1S/C12H13BrN2/c13-11-3-4-12(10(6-11)7-14)9-2-1-5-15-8-9/h3-4,6,9,15H,1-2,5,8H2. The highest BCUT2D eigenvalue weighted by atomic mass is 79.9. The van der Waals surface area contributed by atoms with Crippen molar-refractivity contribution in [1.82, 2.24) is 5.32 Å². The Morgan fingerprint density at radius 2 is 2.33 bits per heavy atom. The smallest absolute Gasteiger partial charge is 0.0995 e. The van der Waals surface area contributed by atoms with Gasteiger partial charge < -0.3 is 5.32 Å². The van der Waals surface area contributed by atoms with Gasteiger partial charge in [-0.2, -0.15) is 5.26 Å². The van der Waals surface area contributed by atoms with Crippen LogP contribution in [0.1, 0.15) is 29.9 Å². The second-order valence-electron chi connectivity index (χ2n) is 3.89. The highest BCUT2D eigenvalue weighted by molar-refractivity contribution is 9.10. The average molecular weight is 265 g/mol. The lowest BCUT2D eigenvalue weighted by Crippen LogP contribution is -2.28. The van der Waals surface area contributed by atoms with Crippen molar-refractivity contribution in [2.24, 2.45) is 0 Å². The molecule has 1 atom stereocenters. The van der Waals surface area contributed by atoms with E-state index in [1.165, 1.54) is 18.4 Å². The summed E-state index contributed by atoms with van der Waals surface area (Å²) in [5, 5.41) is 12.5. The van der Waals surface area contributed by atoms with Crippen LogP contribution in [0.25, 0.3) is 0 Å². The normalized spacial score (nSPS) is 20.9. The van der Waals surface area contributed by atoms with Crippen LogP contribution >= 0.6 is 15.9 Å². The molecule has 2 nitrogen and oxygen atoms in total. The molecule has 1 aliphatic heterocycles. The highest BCUT2D eigenvalue weighted by Gasteiger charge is 2.17. The summed E-state index contributed by atoms with van der Waals surface area (Å²) in [6.07, 6.45) is 2.38. The average Bonchev–Trinajstić information content (AvgIpc) is 2.30. The summed E-state index contributed by atoms with van der Waals surface area (Å²) in [6, 6.07) is 8.27. The molecular formula is C12H13BrN2. The van der Waals surface area contributed by atoms with E-state index in [-0.39, 0.29) is 0 Å². The molecule has 3 heteroatoms. The largest absolute Gasteiger partial charge is 0.316 e. The topological polar surface area (TPSA) is 35.8 Å². The van der Waals surface area contributed by atoms with Gasteiger partial charge in [-0.15, -0.1) is 0 Å². The molecule has 1 unspecified atom stereocenters. The van der Waals surface area contributed by atoms with Crippen molar-refractivity contribution in [2.45, 2.75) is 18.8 Å². The Hall–Kier alpha value is -0.850. The van der Waals surface area contributed by atoms with E-state index in [0.29, 0.717) is 5.92 Å². The number of halogens is 1. The van der Waals surface area contributed by atoms with E-state index in [9.17, 15) is 0 Å². The lowest BCUT2D eigenvalue weighted by atomic mass is 9.89. The van der Waals surface area contributed by atoms with Gasteiger partial charge in [0.1, 0.15) is 0 Å². The van der Waals surface area contributed by atoms with Crippen LogP contribution in [0.4, 0.5) is 0 Å². The van der Waals surface area contributed by atoms with Gasteiger partial charge in [0.15, 0.2) is 0 Å². The van der Waals surface area contributed by atoms with E-state index < -0.39 is 0 Å². The number of nitriles is 1. The fourth-order valence-corrected chi connectivity index (χ4v) is 2.46. The van der Waals surface area contributed by atoms with E-state index in [1.807, 2.05) is 12.1 Å². The zero-order chi connectivity index (χ0) is 10.7. The summed E-state index contributed by atoms with van der Waals surface area (Å²) in [5.74, 6) is 0.501. The fraction of sp³-hybridized carbons (Fsp3) is 0.417. The van der Waals surface area contributed by atoms with E-state index in [1.54, 1.807) is 0 Å². The van der Waals surface area contributed by atoms with Gasteiger partial charge >= 0.3 is 0 Å². The molecular weight excluding hydrogens is 252 g/mol. The van der Waals surface area contributed by atoms with Crippen molar-refractivity contribution in [3.05, 3.63) is 33.8 Å². The Morgan fingerprint density at radius 3 is 3.00 bits per heavy atom. The molecule has 0 spiro atoms. The van der Waals surface area contributed by atoms with Crippen molar-refractivity contribution in [2.75, 3.05) is 13.1 Å². The summed E-state index contributed by atoms with van der Waals surface area (Å²) in [6.45, 7) is 2.10. The predicted octanol–water partition coefficient (Wildman–Crippen LogP) is 2.79. The van der Waals surface area contributed by atoms with Gasteiger partial charge in [0, 0.05) is 11.0 Å². The van der Waals surface area contributed by atoms with Gasteiger partial charge in [-0.1, -0.05) is 22.0 Å². The van der Waals surface area contributed by atoms with Gasteiger partial charge in [0.2, 0.25) is 0 Å². The maximum absolute atomic E-state index is 9.08. The van der Waals surface area contributed by atoms with Crippen LogP contribution in [0.5, 0.6) is 0 Å². The van der Waals surface area contributed by atoms with Crippen LogP contribution < -0.4 is 5.32 Å². The molecule has 1 aromatic rings. The molecule has 1 heterocycles. The van der Waals surface area contributed by atoms with Crippen molar-refractivity contribution in [3.8, 4) is 6.07 Å². The quantitative estimate of drug-likeness (QED) is 0.847. The minimum absolute atomic E-state index is 0.501. The Bertz CT molecular complexity index is 389. The molecule has 0 saturated carbocycles. The minimum atomic E-state index is 0.501. The van der Waals surface area contributed by atoms with Gasteiger partial charge in [-0.25, -0.2) is 0 Å². The van der Waals surface area contributed by atoms with Crippen molar-refractivity contribution in [3.63, 3.8) is 0 Å². The molecule has 1 saturated heterocycles.